The summed E-state index contributed by atoms with van der Waals surface area (Å²) in [4.78, 5) is 23.4. The number of nitrogens with one attached hydrogen (secondary N) is 2. The van der Waals surface area contributed by atoms with E-state index in [0.29, 0.717) is 22.4 Å². The highest BCUT2D eigenvalue weighted by Crippen LogP contribution is 2.25. The Bertz CT molecular complexity index is 1040. The van der Waals surface area contributed by atoms with Crippen LogP contribution in [-0.2, 0) is 4.79 Å². The van der Waals surface area contributed by atoms with Crippen molar-refractivity contribution >= 4 is 39.9 Å². The first-order chi connectivity index (χ1) is 11.9. The van der Waals surface area contributed by atoms with Gasteiger partial charge < -0.3 is 15.1 Å². The van der Waals surface area contributed by atoms with Gasteiger partial charge in [0.1, 0.15) is 5.58 Å². The van der Waals surface area contributed by atoms with Gasteiger partial charge in [-0.25, -0.2) is 4.79 Å². The van der Waals surface area contributed by atoms with E-state index in [0.717, 1.165) is 10.9 Å². The number of hydrogen-bond donors (Lipinski definition) is 2. The van der Waals surface area contributed by atoms with Crippen molar-refractivity contribution in [2.24, 2.45) is 0 Å². The average Bonchev–Trinajstić information content (AvgIpc) is 2.55. The molecule has 126 valence electrons. The lowest BCUT2D eigenvalue weighted by Gasteiger charge is -2.12. The van der Waals surface area contributed by atoms with Crippen LogP contribution < -0.4 is 16.3 Å². The lowest BCUT2D eigenvalue weighted by molar-refractivity contribution is -0.117. The van der Waals surface area contributed by atoms with E-state index in [9.17, 15) is 9.59 Å². The van der Waals surface area contributed by atoms with Gasteiger partial charge in [0.25, 0.3) is 0 Å². The molecule has 0 fully saturated rings. The van der Waals surface area contributed by atoms with Crippen LogP contribution >= 0.6 is 12.2 Å². The van der Waals surface area contributed by atoms with Gasteiger partial charge in [-0.2, -0.15) is 0 Å². The highest BCUT2D eigenvalue weighted by atomic mass is 32.1. The fourth-order valence-electron chi connectivity index (χ4n) is 2.50. The van der Waals surface area contributed by atoms with E-state index in [1.807, 2.05) is 49.4 Å². The number of aryl methyl sites for hydroxylation is 1. The van der Waals surface area contributed by atoms with Crippen molar-refractivity contribution < 1.29 is 9.21 Å². The van der Waals surface area contributed by atoms with Crippen molar-refractivity contribution in [1.29, 1.82) is 0 Å². The Hall–Kier alpha value is -2.99. The number of para-hydroxylation sites is 1. The van der Waals surface area contributed by atoms with Crippen LogP contribution in [0, 0.1) is 6.92 Å². The zero-order chi connectivity index (χ0) is 18.0. The lowest BCUT2D eigenvalue weighted by Crippen LogP contribution is -2.32. The van der Waals surface area contributed by atoms with E-state index < -0.39 is 5.63 Å². The first-order valence-corrected chi connectivity index (χ1v) is 8.07. The molecule has 2 N–H and O–H groups in total. The van der Waals surface area contributed by atoms with Crippen molar-refractivity contribution in [3.05, 3.63) is 64.5 Å². The number of carbonyl (C=O) groups excluding carboxylic acids is 1. The summed E-state index contributed by atoms with van der Waals surface area (Å²) in [5, 5.41) is 6.54. The third kappa shape index (κ3) is 3.75. The molecule has 2 aromatic carbocycles. The first-order valence-electron chi connectivity index (χ1n) is 7.66. The molecule has 1 amide bonds. The van der Waals surface area contributed by atoms with Gasteiger partial charge in [0.2, 0.25) is 5.91 Å². The van der Waals surface area contributed by atoms with Crippen LogP contribution in [0.1, 0.15) is 12.5 Å². The fourth-order valence-corrected chi connectivity index (χ4v) is 2.75. The van der Waals surface area contributed by atoms with Crippen molar-refractivity contribution in [2.75, 3.05) is 5.32 Å². The van der Waals surface area contributed by atoms with Crippen LogP contribution in [0.5, 0.6) is 0 Å². The molecular formula is C19H16N2O3S. The Morgan fingerprint density at radius 3 is 2.64 bits per heavy atom. The number of hydrogen-bond acceptors (Lipinski definition) is 4. The summed E-state index contributed by atoms with van der Waals surface area (Å²) in [6, 6.07) is 14.7. The molecule has 1 heterocycles. The minimum Gasteiger partial charge on any atom is -0.422 e. The summed E-state index contributed by atoms with van der Waals surface area (Å²) in [6.45, 7) is 3.29. The maximum Gasteiger partial charge on any atom is 0.344 e. The Labute approximate surface area is 149 Å². The molecule has 5 nitrogen and oxygen atoms in total. The van der Waals surface area contributed by atoms with Gasteiger partial charge in [-0.15, -0.1) is 0 Å². The molecule has 0 atom stereocenters. The second kappa shape index (κ2) is 6.86. The molecule has 6 heteroatoms. The molecule has 0 radical (unpaired) electrons. The maximum absolute atomic E-state index is 12.3. The van der Waals surface area contributed by atoms with Crippen molar-refractivity contribution in [1.82, 2.24) is 5.32 Å². The number of amides is 1. The fraction of sp³-hybridized carbons (Fsp3) is 0.105. The number of anilines is 1. The van der Waals surface area contributed by atoms with Crippen LogP contribution in [0.3, 0.4) is 0 Å². The van der Waals surface area contributed by atoms with Crippen molar-refractivity contribution in [2.45, 2.75) is 13.8 Å². The summed E-state index contributed by atoms with van der Waals surface area (Å²) in [7, 11) is 0. The van der Waals surface area contributed by atoms with Crippen LogP contribution in [0.2, 0.25) is 0 Å². The van der Waals surface area contributed by atoms with Gasteiger partial charge in [-0.05, 0) is 48.5 Å². The van der Waals surface area contributed by atoms with E-state index >= 15 is 0 Å². The quantitative estimate of drug-likeness (QED) is 0.545. The Balaban J connectivity index is 2.02. The Kier molecular flexibility index (Phi) is 4.63. The largest absolute Gasteiger partial charge is 0.422 e. The highest BCUT2D eigenvalue weighted by Gasteiger charge is 2.10. The minimum atomic E-state index is -0.405. The van der Waals surface area contributed by atoms with Gasteiger partial charge in [0, 0.05) is 18.0 Å². The molecular weight excluding hydrogens is 336 g/mol. The molecule has 0 aliphatic rings. The zero-order valence-corrected chi connectivity index (χ0v) is 14.6. The van der Waals surface area contributed by atoms with Gasteiger partial charge in [0.15, 0.2) is 5.11 Å². The molecule has 0 aliphatic carbocycles. The predicted octanol–water partition coefficient (Wildman–Crippen LogP) is 3.60. The number of thiocarbonyl (C=S) groups is 1. The van der Waals surface area contributed by atoms with Crippen molar-refractivity contribution in [3.63, 3.8) is 0 Å². The lowest BCUT2D eigenvalue weighted by atomic mass is 10.0. The monoisotopic (exact) mass is 352 g/mol. The standard InChI is InChI=1S/C19H16N2O3S/c1-11-7-8-13(10-16(11)21-19(25)20-12(2)22)15-9-14-5-3-4-6-17(14)24-18(15)23/h3-10H,1-2H3,(H2,20,21,22,25). The summed E-state index contributed by atoms with van der Waals surface area (Å²) in [6.07, 6.45) is 0. The third-order valence-corrected chi connectivity index (χ3v) is 3.93. The van der Waals surface area contributed by atoms with E-state index in [2.05, 4.69) is 10.6 Å². The minimum absolute atomic E-state index is 0.207. The van der Waals surface area contributed by atoms with Gasteiger partial charge in [-0.1, -0.05) is 30.3 Å². The molecule has 1 aromatic heterocycles. The van der Waals surface area contributed by atoms with E-state index in [1.165, 1.54) is 6.92 Å². The summed E-state index contributed by atoms with van der Waals surface area (Å²) < 4.78 is 5.39. The molecule has 0 unspecified atom stereocenters. The predicted molar refractivity (Wildman–Crippen MR) is 103 cm³/mol. The smallest absolute Gasteiger partial charge is 0.344 e. The molecule has 0 bridgehead atoms. The van der Waals surface area contributed by atoms with Crippen LogP contribution in [0.15, 0.2) is 57.7 Å². The van der Waals surface area contributed by atoms with Crippen molar-refractivity contribution in [3.8, 4) is 11.1 Å². The normalized spacial score (nSPS) is 10.5. The van der Waals surface area contributed by atoms with Gasteiger partial charge in [-0.3, -0.25) is 4.79 Å². The molecule has 0 spiro atoms. The number of fused-ring (bicyclic) bond motifs is 1. The van der Waals surface area contributed by atoms with E-state index in [1.54, 1.807) is 6.07 Å². The number of benzene rings is 2. The number of carbonyl (C=O) groups is 1. The third-order valence-electron chi connectivity index (χ3n) is 3.73. The van der Waals surface area contributed by atoms with Crippen LogP contribution in [0.25, 0.3) is 22.1 Å². The van der Waals surface area contributed by atoms with Gasteiger partial charge in [0.05, 0.1) is 5.56 Å². The van der Waals surface area contributed by atoms with E-state index in [-0.39, 0.29) is 11.0 Å². The maximum atomic E-state index is 12.3. The molecule has 0 saturated heterocycles. The second-order valence-corrected chi connectivity index (χ2v) is 6.06. The zero-order valence-electron chi connectivity index (χ0n) is 13.8. The summed E-state index contributed by atoms with van der Waals surface area (Å²) >= 11 is 5.10. The highest BCUT2D eigenvalue weighted by molar-refractivity contribution is 7.80. The molecule has 3 aromatic rings. The van der Waals surface area contributed by atoms with Crippen LogP contribution in [0.4, 0.5) is 5.69 Å². The molecule has 0 saturated carbocycles. The molecule has 0 aliphatic heterocycles. The second-order valence-electron chi connectivity index (χ2n) is 5.65. The number of rotatable bonds is 2. The first kappa shape index (κ1) is 16.9. The topological polar surface area (TPSA) is 71.3 Å². The molecule has 25 heavy (non-hydrogen) atoms. The molecule has 3 rings (SSSR count). The summed E-state index contributed by atoms with van der Waals surface area (Å²) in [5.74, 6) is -0.249. The van der Waals surface area contributed by atoms with Gasteiger partial charge >= 0.3 is 5.63 Å². The summed E-state index contributed by atoms with van der Waals surface area (Å²) in [5.41, 5.74) is 2.96. The van der Waals surface area contributed by atoms with Crippen LogP contribution in [-0.4, -0.2) is 11.0 Å². The SMILES string of the molecule is CC(=O)NC(=S)Nc1cc(-c2cc3ccccc3oc2=O)ccc1C. The Morgan fingerprint density at radius 1 is 1.12 bits per heavy atom. The van der Waals surface area contributed by atoms with E-state index in [4.69, 9.17) is 16.6 Å². The Morgan fingerprint density at radius 2 is 1.88 bits per heavy atom. The average molecular weight is 352 g/mol.